The molecule has 1 N–H and O–H groups in total. The van der Waals surface area contributed by atoms with Crippen LogP contribution in [0.2, 0.25) is 0 Å². The average Bonchev–Trinajstić information content (AvgIpc) is 2.48. The number of amides is 2. The lowest BCUT2D eigenvalue weighted by Gasteiger charge is -2.35. The second kappa shape index (κ2) is 7.00. The van der Waals surface area contributed by atoms with Crippen molar-refractivity contribution in [3.63, 3.8) is 0 Å². The van der Waals surface area contributed by atoms with Gasteiger partial charge in [-0.25, -0.2) is 18.0 Å². The fraction of sp³-hybridized carbons (Fsp3) is 0.533. The van der Waals surface area contributed by atoms with E-state index in [1.165, 1.54) is 4.90 Å². The van der Waals surface area contributed by atoms with Crippen molar-refractivity contribution in [1.29, 1.82) is 0 Å². The molecule has 0 spiro atoms. The molecule has 0 bridgehead atoms. The van der Waals surface area contributed by atoms with Crippen LogP contribution in [-0.2, 0) is 0 Å². The second-order valence-corrected chi connectivity index (χ2v) is 5.83. The van der Waals surface area contributed by atoms with Gasteiger partial charge in [-0.1, -0.05) is 13.8 Å². The van der Waals surface area contributed by atoms with Crippen LogP contribution >= 0.6 is 0 Å². The molecule has 0 atom stereocenters. The van der Waals surface area contributed by atoms with Crippen molar-refractivity contribution in [3.05, 3.63) is 29.6 Å². The highest BCUT2D eigenvalue weighted by Crippen LogP contribution is 2.20. The Labute approximate surface area is 127 Å². The van der Waals surface area contributed by atoms with Gasteiger partial charge < -0.3 is 10.2 Å². The van der Waals surface area contributed by atoms with Crippen LogP contribution < -0.4 is 5.32 Å². The minimum Gasteiger partial charge on any atom is -0.322 e. The van der Waals surface area contributed by atoms with Gasteiger partial charge in [-0.2, -0.15) is 0 Å². The van der Waals surface area contributed by atoms with Crippen LogP contribution in [-0.4, -0.2) is 48.6 Å². The lowest BCUT2D eigenvalue weighted by atomic mass is 10.2. The van der Waals surface area contributed by atoms with Crippen LogP contribution in [0.5, 0.6) is 0 Å². The van der Waals surface area contributed by atoms with Gasteiger partial charge in [0.05, 0.1) is 5.69 Å². The normalized spacial score (nSPS) is 16.2. The third-order valence-electron chi connectivity index (χ3n) is 3.56. The van der Waals surface area contributed by atoms with Gasteiger partial charge in [0.1, 0.15) is 0 Å². The van der Waals surface area contributed by atoms with E-state index in [4.69, 9.17) is 0 Å². The first-order chi connectivity index (χ1) is 10.4. The van der Waals surface area contributed by atoms with Crippen LogP contribution in [0.4, 0.5) is 23.7 Å². The molecule has 1 aromatic carbocycles. The van der Waals surface area contributed by atoms with Gasteiger partial charge in [-0.05, 0) is 18.1 Å². The maximum Gasteiger partial charge on any atom is 0.322 e. The number of nitrogens with zero attached hydrogens (tertiary/aromatic N) is 2. The maximum absolute atomic E-state index is 13.5. The fourth-order valence-corrected chi connectivity index (χ4v) is 2.47. The zero-order valence-corrected chi connectivity index (χ0v) is 12.7. The van der Waals surface area contributed by atoms with Crippen molar-refractivity contribution >= 4 is 11.7 Å². The van der Waals surface area contributed by atoms with Gasteiger partial charge in [0.15, 0.2) is 17.5 Å². The van der Waals surface area contributed by atoms with Crippen LogP contribution in [0, 0.1) is 23.4 Å². The van der Waals surface area contributed by atoms with Gasteiger partial charge in [0.2, 0.25) is 0 Å². The summed E-state index contributed by atoms with van der Waals surface area (Å²) in [5.41, 5.74) is -0.353. The van der Waals surface area contributed by atoms with Crippen LogP contribution in [0.15, 0.2) is 12.1 Å². The number of halogens is 3. The number of hydrogen-bond donors (Lipinski definition) is 1. The summed E-state index contributed by atoms with van der Waals surface area (Å²) < 4.78 is 39.5. The number of carbonyl (C=O) groups excluding carboxylic acids is 1. The molecule has 0 unspecified atom stereocenters. The number of hydrogen-bond acceptors (Lipinski definition) is 2. The molecule has 0 radical (unpaired) electrons. The summed E-state index contributed by atoms with van der Waals surface area (Å²) in [6.07, 6.45) is 0. The Morgan fingerprint density at radius 1 is 1.14 bits per heavy atom. The molecule has 7 heteroatoms. The van der Waals surface area contributed by atoms with Crippen molar-refractivity contribution < 1.29 is 18.0 Å². The number of carbonyl (C=O) groups is 1. The monoisotopic (exact) mass is 315 g/mol. The minimum absolute atomic E-state index is 0.353. The largest absolute Gasteiger partial charge is 0.322 e. The number of urea groups is 1. The van der Waals surface area contributed by atoms with Crippen molar-refractivity contribution in [1.82, 2.24) is 9.80 Å². The van der Waals surface area contributed by atoms with E-state index in [9.17, 15) is 18.0 Å². The molecule has 2 rings (SSSR count). The lowest BCUT2D eigenvalue weighted by molar-refractivity contribution is 0.138. The first-order valence-electron chi connectivity index (χ1n) is 7.30. The van der Waals surface area contributed by atoms with E-state index >= 15 is 0 Å². The molecule has 1 aliphatic heterocycles. The number of anilines is 1. The second-order valence-electron chi connectivity index (χ2n) is 5.83. The van der Waals surface area contributed by atoms with E-state index in [0.717, 1.165) is 31.8 Å². The maximum atomic E-state index is 13.5. The topological polar surface area (TPSA) is 35.6 Å². The molecule has 122 valence electrons. The number of nitrogens with one attached hydrogen (secondary N) is 1. The zero-order valence-electron chi connectivity index (χ0n) is 12.7. The number of rotatable bonds is 3. The molecule has 4 nitrogen and oxygen atoms in total. The molecule has 1 aromatic rings. The highest BCUT2D eigenvalue weighted by molar-refractivity contribution is 5.89. The first-order valence-corrected chi connectivity index (χ1v) is 7.30. The van der Waals surface area contributed by atoms with Crippen molar-refractivity contribution in [2.24, 2.45) is 5.92 Å². The summed E-state index contributed by atoms with van der Waals surface area (Å²) in [7, 11) is 0. The van der Waals surface area contributed by atoms with E-state index in [1.807, 2.05) is 0 Å². The predicted molar refractivity (Wildman–Crippen MR) is 78.2 cm³/mol. The van der Waals surface area contributed by atoms with Gasteiger partial charge in [0, 0.05) is 32.7 Å². The van der Waals surface area contributed by atoms with E-state index in [2.05, 4.69) is 24.1 Å². The third-order valence-corrected chi connectivity index (χ3v) is 3.56. The Morgan fingerprint density at radius 2 is 1.77 bits per heavy atom. The molecule has 0 aliphatic carbocycles. The number of benzene rings is 1. The zero-order chi connectivity index (χ0) is 16.3. The fourth-order valence-electron chi connectivity index (χ4n) is 2.47. The minimum atomic E-state index is -1.58. The molecule has 1 aliphatic rings. The summed E-state index contributed by atoms with van der Waals surface area (Å²) in [4.78, 5) is 15.9. The molecule has 0 aromatic heterocycles. The highest BCUT2D eigenvalue weighted by atomic mass is 19.2. The summed E-state index contributed by atoms with van der Waals surface area (Å²) in [5.74, 6) is -3.69. The number of piperazine rings is 1. The molecule has 1 saturated heterocycles. The molecule has 2 amide bonds. The van der Waals surface area contributed by atoms with Crippen molar-refractivity contribution in [2.45, 2.75) is 13.8 Å². The van der Waals surface area contributed by atoms with Crippen molar-refractivity contribution in [2.75, 3.05) is 38.0 Å². The Balaban J connectivity index is 1.93. The SMILES string of the molecule is CC(C)CN1CCN(C(=O)Nc2ccc(F)c(F)c2F)CC1. The summed E-state index contributed by atoms with van der Waals surface area (Å²) in [5, 5.41) is 2.29. The van der Waals surface area contributed by atoms with E-state index in [-0.39, 0.29) is 5.69 Å². The van der Waals surface area contributed by atoms with Gasteiger partial charge in [-0.3, -0.25) is 4.90 Å². The van der Waals surface area contributed by atoms with E-state index in [0.29, 0.717) is 19.0 Å². The summed E-state index contributed by atoms with van der Waals surface area (Å²) in [6.45, 7) is 7.74. The van der Waals surface area contributed by atoms with Gasteiger partial charge in [0.25, 0.3) is 0 Å². The van der Waals surface area contributed by atoms with Crippen LogP contribution in [0.25, 0.3) is 0 Å². The van der Waals surface area contributed by atoms with Crippen LogP contribution in [0.3, 0.4) is 0 Å². The standard InChI is InChI=1S/C15H20F3N3O/c1-10(2)9-20-5-7-21(8-6-20)15(22)19-12-4-3-11(16)13(17)14(12)18/h3-4,10H,5-9H2,1-2H3,(H,19,22). The van der Waals surface area contributed by atoms with Gasteiger partial charge in [-0.15, -0.1) is 0 Å². The quantitative estimate of drug-likeness (QED) is 0.871. The van der Waals surface area contributed by atoms with Crippen molar-refractivity contribution in [3.8, 4) is 0 Å². The Kier molecular flexibility index (Phi) is 5.28. The van der Waals surface area contributed by atoms with E-state index in [1.54, 1.807) is 0 Å². The summed E-state index contributed by atoms with van der Waals surface area (Å²) in [6, 6.07) is 1.30. The Hall–Kier alpha value is -1.76. The molecule has 0 saturated carbocycles. The highest BCUT2D eigenvalue weighted by Gasteiger charge is 2.23. The Bertz CT molecular complexity index is 543. The van der Waals surface area contributed by atoms with Gasteiger partial charge >= 0.3 is 6.03 Å². The molecule has 1 heterocycles. The lowest BCUT2D eigenvalue weighted by Crippen LogP contribution is -2.50. The Morgan fingerprint density at radius 3 is 2.36 bits per heavy atom. The third kappa shape index (κ3) is 3.91. The molecular weight excluding hydrogens is 295 g/mol. The van der Waals surface area contributed by atoms with E-state index < -0.39 is 23.5 Å². The molecular formula is C15H20F3N3O. The molecule has 1 fully saturated rings. The molecule has 22 heavy (non-hydrogen) atoms. The predicted octanol–water partition coefficient (Wildman–Crippen LogP) is 2.91. The smallest absolute Gasteiger partial charge is 0.322 e. The van der Waals surface area contributed by atoms with Crippen LogP contribution in [0.1, 0.15) is 13.8 Å². The summed E-state index contributed by atoms with van der Waals surface area (Å²) >= 11 is 0. The average molecular weight is 315 g/mol. The first kappa shape index (κ1) is 16.6.